The van der Waals surface area contributed by atoms with Crippen LogP contribution in [0.3, 0.4) is 0 Å². The van der Waals surface area contributed by atoms with Crippen molar-refractivity contribution in [3.63, 3.8) is 0 Å². The van der Waals surface area contributed by atoms with Gasteiger partial charge in [0.25, 0.3) is 0 Å². The van der Waals surface area contributed by atoms with E-state index in [9.17, 15) is 0 Å². The van der Waals surface area contributed by atoms with Gasteiger partial charge < -0.3 is 15.0 Å². The van der Waals surface area contributed by atoms with Crippen LogP contribution in [0, 0.1) is 18.6 Å². The van der Waals surface area contributed by atoms with Crippen molar-refractivity contribution in [2.75, 3.05) is 0 Å². The van der Waals surface area contributed by atoms with Crippen LogP contribution in [0.15, 0.2) is 225 Å². The van der Waals surface area contributed by atoms with Crippen molar-refractivity contribution in [2.24, 2.45) is 0 Å². The van der Waals surface area contributed by atoms with Crippen LogP contribution >= 0.6 is 0 Å². The summed E-state index contributed by atoms with van der Waals surface area (Å²) in [4.78, 5) is 26.9. The van der Waals surface area contributed by atoms with E-state index < -0.39 is 0 Å². The maximum absolute atomic E-state index is 4.65. The van der Waals surface area contributed by atoms with Crippen molar-refractivity contribution < 1.29 is 19.5 Å². The zero-order chi connectivity index (χ0) is 44.1. The first-order valence-electron chi connectivity index (χ1n) is 21.7. The summed E-state index contributed by atoms with van der Waals surface area (Å²) < 4.78 is 0. The molecule has 0 unspecified atom stereocenters. The van der Waals surface area contributed by atoms with Gasteiger partial charge >= 0.3 is 19.5 Å². The first-order valence-corrected chi connectivity index (χ1v) is 21.7. The number of fused-ring (bicyclic) bond motifs is 9. The van der Waals surface area contributed by atoms with E-state index in [0.29, 0.717) is 0 Å². The molecule has 6 aromatic heterocycles. The SMILES string of the molecule is [Ru+3].[c-]1cc(-c2ccccc2)c2ccc3c(-c4ccccc4)ccnc3c2n1.[c-]1cc(-c2ccccc2)c2ccc3c(-c4ccccc4)ccnc3c2n1.[c-]1ccc2ccc3cccnc3c2n1. The molecule has 13 aromatic rings. The van der Waals surface area contributed by atoms with Gasteiger partial charge in [0.15, 0.2) is 0 Å². The van der Waals surface area contributed by atoms with E-state index in [1.54, 1.807) is 6.20 Å². The largest absolute Gasteiger partial charge is 3.00 e. The van der Waals surface area contributed by atoms with Crippen LogP contribution in [0.25, 0.3) is 110 Å². The molecule has 0 aliphatic rings. The minimum atomic E-state index is 0. The van der Waals surface area contributed by atoms with Gasteiger partial charge in [-0.25, -0.2) is 0 Å². The molecule has 315 valence electrons. The second-order valence-corrected chi connectivity index (χ2v) is 15.6. The van der Waals surface area contributed by atoms with E-state index in [2.05, 4.69) is 194 Å². The summed E-state index contributed by atoms with van der Waals surface area (Å²) in [6.07, 6.45) is 14.5. The maximum atomic E-state index is 4.65. The molecule has 7 aromatic carbocycles. The molecule has 0 saturated carbocycles. The van der Waals surface area contributed by atoms with Crippen LogP contribution in [0.1, 0.15) is 0 Å². The molecule has 7 heteroatoms. The van der Waals surface area contributed by atoms with Crippen molar-refractivity contribution in [3.8, 4) is 44.5 Å². The van der Waals surface area contributed by atoms with Crippen molar-refractivity contribution in [3.05, 3.63) is 243 Å². The molecule has 1 radical (unpaired) electrons. The van der Waals surface area contributed by atoms with E-state index in [1.807, 2.05) is 73.1 Å². The third-order valence-corrected chi connectivity index (χ3v) is 11.8. The summed E-state index contributed by atoms with van der Waals surface area (Å²) in [6.45, 7) is 0. The Morgan fingerprint density at radius 2 is 0.657 bits per heavy atom. The fourth-order valence-electron chi connectivity index (χ4n) is 8.63. The Morgan fingerprint density at radius 1 is 0.269 bits per heavy atom. The van der Waals surface area contributed by atoms with Gasteiger partial charge in [0.1, 0.15) is 0 Å². The average molecular weight is 943 g/mol. The number of aromatic nitrogens is 6. The van der Waals surface area contributed by atoms with E-state index in [4.69, 9.17) is 0 Å². The number of pyridine rings is 6. The minimum absolute atomic E-state index is 0. The first-order chi connectivity index (χ1) is 32.8. The van der Waals surface area contributed by atoms with Crippen LogP contribution in [0.5, 0.6) is 0 Å². The van der Waals surface area contributed by atoms with Crippen LogP contribution in [-0.2, 0) is 19.5 Å². The van der Waals surface area contributed by atoms with Gasteiger partial charge in [-0.1, -0.05) is 194 Å². The van der Waals surface area contributed by atoms with E-state index in [0.717, 1.165) is 87.7 Å². The molecule has 67 heavy (non-hydrogen) atoms. The Bertz CT molecular complexity index is 3370. The Hall–Kier alpha value is -8.38. The Kier molecular flexibility index (Phi) is 12.3. The molecule has 0 bridgehead atoms. The second-order valence-electron chi connectivity index (χ2n) is 15.6. The summed E-state index contributed by atoms with van der Waals surface area (Å²) in [5.74, 6) is 0. The predicted octanol–water partition coefficient (Wildman–Crippen LogP) is 14.4. The standard InChI is InChI=1S/2C24H15N2.C12H7N2.Ru/c2*1-3-7-17(8-4-1)19-13-15-25-23-21(19)11-12-22-20(14-16-26-24(22)23)18-9-5-2-6-10-18;1-3-9-5-6-10-4-2-8-14-12(10)11(9)13-7-1;/h2*1-15H;1-7H;/q3*-1;+3. The van der Waals surface area contributed by atoms with Crippen LogP contribution < -0.4 is 0 Å². The maximum Gasteiger partial charge on any atom is 3.00 e. The van der Waals surface area contributed by atoms with Crippen molar-refractivity contribution in [1.82, 2.24) is 29.9 Å². The van der Waals surface area contributed by atoms with Gasteiger partial charge in [0, 0.05) is 35.1 Å². The van der Waals surface area contributed by atoms with Crippen molar-refractivity contribution in [2.45, 2.75) is 0 Å². The molecule has 0 atom stereocenters. The predicted molar refractivity (Wildman–Crippen MR) is 269 cm³/mol. The van der Waals surface area contributed by atoms with Crippen LogP contribution in [0.4, 0.5) is 0 Å². The quantitative estimate of drug-likeness (QED) is 0.0994. The Balaban J connectivity index is 0.000000122. The average Bonchev–Trinajstić information content (AvgIpc) is 3.41. The van der Waals surface area contributed by atoms with E-state index in [1.165, 1.54) is 22.3 Å². The van der Waals surface area contributed by atoms with Crippen LogP contribution in [0.2, 0.25) is 0 Å². The third kappa shape index (κ3) is 8.52. The van der Waals surface area contributed by atoms with Gasteiger partial charge in [-0.3, -0.25) is 15.0 Å². The Morgan fingerprint density at radius 3 is 1.12 bits per heavy atom. The van der Waals surface area contributed by atoms with Gasteiger partial charge in [0.05, 0.1) is 0 Å². The summed E-state index contributed by atoms with van der Waals surface area (Å²) >= 11 is 0. The zero-order valence-corrected chi connectivity index (χ0v) is 37.6. The molecule has 6 nitrogen and oxygen atoms in total. The molecular weight excluding hydrogens is 906 g/mol. The number of rotatable bonds is 4. The normalized spacial score (nSPS) is 10.9. The summed E-state index contributed by atoms with van der Waals surface area (Å²) in [5, 5.41) is 6.64. The smallest absolute Gasteiger partial charge is 0.384 e. The van der Waals surface area contributed by atoms with Gasteiger partial charge in [-0.05, 0) is 73.2 Å². The fourth-order valence-corrected chi connectivity index (χ4v) is 8.63. The molecule has 13 rings (SSSR count). The summed E-state index contributed by atoms with van der Waals surface area (Å²) in [7, 11) is 0. The number of hydrogen-bond acceptors (Lipinski definition) is 6. The summed E-state index contributed by atoms with van der Waals surface area (Å²) in [6, 6.07) is 70.0. The molecule has 0 spiro atoms. The van der Waals surface area contributed by atoms with Crippen LogP contribution in [-0.4, -0.2) is 29.9 Å². The molecule has 0 N–H and O–H groups in total. The molecule has 0 aliphatic heterocycles. The van der Waals surface area contributed by atoms with E-state index >= 15 is 0 Å². The fraction of sp³-hybridized carbons (Fsp3) is 0. The third-order valence-electron chi connectivity index (χ3n) is 11.8. The molecule has 6 heterocycles. The number of hydrogen-bond donors (Lipinski definition) is 0. The first kappa shape index (κ1) is 42.6. The van der Waals surface area contributed by atoms with Gasteiger partial charge in [-0.2, -0.15) is 12.1 Å². The monoisotopic (exact) mass is 943 g/mol. The number of benzene rings is 7. The van der Waals surface area contributed by atoms with Crippen molar-refractivity contribution >= 4 is 65.4 Å². The summed E-state index contributed by atoms with van der Waals surface area (Å²) in [5.41, 5.74) is 14.8. The topological polar surface area (TPSA) is 77.3 Å². The van der Waals surface area contributed by atoms with Gasteiger partial charge in [-0.15, -0.1) is 39.4 Å². The minimum Gasteiger partial charge on any atom is -0.384 e. The molecule has 0 saturated heterocycles. The van der Waals surface area contributed by atoms with Gasteiger partial charge in [0.2, 0.25) is 0 Å². The second kappa shape index (κ2) is 19.4. The Labute approximate surface area is 400 Å². The molecule has 0 fully saturated rings. The van der Waals surface area contributed by atoms with Crippen molar-refractivity contribution in [1.29, 1.82) is 0 Å². The van der Waals surface area contributed by atoms with E-state index in [-0.39, 0.29) is 19.5 Å². The molecule has 0 aliphatic carbocycles. The molecular formula is C60H37N6Ru. The molecule has 0 amide bonds. The number of nitrogens with zero attached hydrogens (tertiary/aromatic N) is 6. The zero-order valence-electron chi connectivity index (χ0n) is 35.9.